The van der Waals surface area contributed by atoms with Crippen molar-refractivity contribution >= 4 is 57.6 Å². The molecular weight excluding hydrogens is 494 g/mol. The number of benzene rings is 3. The number of aliphatic imine (C=N–C) groups is 1. The molecule has 2 aliphatic rings. The quantitative estimate of drug-likeness (QED) is 0.326. The van der Waals surface area contributed by atoms with Crippen LogP contribution in [-0.4, -0.2) is 29.1 Å². The molecule has 0 radical (unpaired) electrons. The molecule has 0 bridgehead atoms. The summed E-state index contributed by atoms with van der Waals surface area (Å²) in [5, 5.41) is 2.38. The Hall–Kier alpha value is -2.67. The number of amides is 1. The van der Waals surface area contributed by atoms with Crippen LogP contribution in [0.2, 0.25) is 5.02 Å². The second-order valence-electron chi connectivity index (χ2n) is 8.57. The van der Waals surface area contributed by atoms with Crippen molar-refractivity contribution in [1.82, 2.24) is 4.90 Å². The molecule has 5 rings (SSSR count). The summed E-state index contributed by atoms with van der Waals surface area (Å²) >= 11 is 9.40. The van der Waals surface area contributed by atoms with Gasteiger partial charge in [0.05, 0.1) is 11.4 Å². The van der Waals surface area contributed by atoms with E-state index in [0.717, 1.165) is 49.9 Å². The smallest absolute Gasteiger partial charge is 0.269 e. The number of carbonyl (C=O) groups excluding carboxylic acids is 1. The first kappa shape index (κ1) is 24.0. The van der Waals surface area contributed by atoms with Crippen molar-refractivity contribution in [2.24, 2.45) is 4.99 Å². The van der Waals surface area contributed by atoms with Gasteiger partial charge in [-0.2, -0.15) is 0 Å². The van der Waals surface area contributed by atoms with Gasteiger partial charge in [-0.25, -0.2) is 4.99 Å². The second-order valence-corrected chi connectivity index (χ2v) is 11.0. The number of carbonyl (C=O) groups is 1. The van der Waals surface area contributed by atoms with Gasteiger partial charge in [-0.1, -0.05) is 71.4 Å². The van der Waals surface area contributed by atoms with Gasteiger partial charge in [0.25, 0.3) is 5.91 Å². The predicted molar refractivity (Wildman–Crippen MR) is 150 cm³/mol. The maximum atomic E-state index is 13.8. The van der Waals surface area contributed by atoms with Crippen LogP contribution in [0.15, 0.2) is 86.6 Å². The Bertz CT molecular complexity index is 1350. The molecule has 0 saturated carbocycles. The van der Waals surface area contributed by atoms with Gasteiger partial charge in [0.15, 0.2) is 5.17 Å². The van der Waals surface area contributed by atoms with Crippen molar-refractivity contribution in [3.05, 3.63) is 98.4 Å². The molecule has 7 heteroatoms. The Morgan fingerprint density at radius 2 is 1.74 bits per heavy atom. The number of thioether (sulfide) groups is 2. The summed E-state index contributed by atoms with van der Waals surface area (Å²) in [6, 6.07) is 22.4. The third kappa shape index (κ3) is 4.88. The average molecular weight is 520 g/mol. The minimum absolute atomic E-state index is 0.00861. The topological polar surface area (TPSA) is 35.9 Å². The fraction of sp³-hybridized carbons (Fsp3) is 0.214. The molecule has 178 valence electrons. The van der Waals surface area contributed by atoms with Gasteiger partial charge < -0.3 is 4.90 Å². The van der Waals surface area contributed by atoms with Crippen LogP contribution in [0, 0.1) is 13.8 Å². The number of nitrogens with zero attached hydrogens (tertiary/aromatic N) is 3. The van der Waals surface area contributed by atoms with Gasteiger partial charge in [0.1, 0.15) is 9.93 Å². The van der Waals surface area contributed by atoms with Gasteiger partial charge in [-0.15, -0.1) is 0 Å². The number of aryl methyl sites for hydroxylation is 2. The van der Waals surface area contributed by atoms with Crippen molar-refractivity contribution in [3.8, 4) is 0 Å². The van der Waals surface area contributed by atoms with Crippen molar-refractivity contribution in [2.75, 3.05) is 18.0 Å². The lowest BCUT2D eigenvalue weighted by Crippen LogP contribution is -2.32. The Kier molecular flexibility index (Phi) is 6.96. The first-order valence-electron chi connectivity index (χ1n) is 11.6. The maximum absolute atomic E-state index is 13.8. The van der Waals surface area contributed by atoms with Crippen LogP contribution >= 0.6 is 35.1 Å². The van der Waals surface area contributed by atoms with Crippen molar-refractivity contribution < 1.29 is 4.79 Å². The Morgan fingerprint density at radius 1 is 0.943 bits per heavy atom. The Labute approximate surface area is 220 Å². The summed E-state index contributed by atoms with van der Waals surface area (Å²) < 4.78 is 0. The zero-order valence-electron chi connectivity index (χ0n) is 19.9. The lowest BCUT2D eigenvalue weighted by Gasteiger charge is -2.19. The van der Waals surface area contributed by atoms with E-state index in [1.54, 1.807) is 11.8 Å². The molecular formula is C28H26ClN3OS2. The molecule has 1 amide bonds. The monoisotopic (exact) mass is 519 g/mol. The third-order valence-electron chi connectivity index (χ3n) is 6.07. The number of hydrogen-bond donors (Lipinski definition) is 0. The van der Waals surface area contributed by atoms with E-state index in [0.29, 0.717) is 11.6 Å². The van der Waals surface area contributed by atoms with Crippen LogP contribution in [0.5, 0.6) is 0 Å². The van der Waals surface area contributed by atoms with Gasteiger partial charge >= 0.3 is 0 Å². The zero-order valence-corrected chi connectivity index (χ0v) is 22.3. The fourth-order valence-corrected chi connectivity index (χ4v) is 6.83. The minimum Gasteiger partial charge on any atom is -0.334 e. The van der Waals surface area contributed by atoms with Gasteiger partial charge in [-0.3, -0.25) is 9.69 Å². The number of amidine groups is 1. The summed E-state index contributed by atoms with van der Waals surface area (Å²) in [7, 11) is 0. The summed E-state index contributed by atoms with van der Waals surface area (Å²) in [6.45, 7) is 7.56. The minimum atomic E-state index is 0.00861. The van der Waals surface area contributed by atoms with Gasteiger partial charge in [0, 0.05) is 23.0 Å². The summed E-state index contributed by atoms with van der Waals surface area (Å²) in [5.74, 6) is 0.00861. The van der Waals surface area contributed by atoms with E-state index in [1.807, 2.05) is 47.4 Å². The van der Waals surface area contributed by atoms with Crippen molar-refractivity contribution in [3.63, 3.8) is 0 Å². The number of hydrogen-bond acceptors (Lipinski definition) is 5. The van der Waals surface area contributed by atoms with Crippen LogP contribution < -0.4 is 4.90 Å². The third-order valence-corrected chi connectivity index (χ3v) is 8.69. The first-order chi connectivity index (χ1) is 16.9. The second kappa shape index (κ2) is 10.1. The van der Waals surface area contributed by atoms with E-state index in [9.17, 15) is 4.79 Å². The standard InChI is InChI=1S/C28H26ClN3OS2/c1-4-31-23-17-21(29)11-13-24(23)34-27(31)25-26(33)32(15-14-20-8-6-5-7-9-20)28(35-25)30-22-12-10-18(2)16-19(22)3/h5-13,16-17H,4,14-15H2,1-3H3/b27-25-,30-28?. The van der Waals surface area contributed by atoms with E-state index in [-0.39, 0.29) is 5.91 Å². The number of anilines is 1. The molecule has 0 N–H and O–H groups in total. The highest BCUT2D eigenvalue weighted by Gasteiger charge is 2.39. The lowest BCUT2D eigenvalue weighted by molar-refractivity contribution is -0.122. The Balaban J connectivity index is 1.54. The van der Waals surface area contributed by atoms with E-state index >= 15 is 0 Å². The lowest BCUT2D eigenvalue weighted by atomic mass is 10.1. The van der Waals surface area contributed by atoms with Crippen LogP contribution in [0.3, 0.4) is 0 Å². The largest absolute Gasteiger partial charge is 0.334 e. The van der Waals surface area contributed by atoms with Crippen molar-refractivity contribution in [2.45, 2.75) is 32.1 Å². The van der Waals surface area contributed by atoms with E-state index in [4.69, 9.17) is 16.6 Å². The SMILES string of the molecule is CCN1/C(=C2/SC(=Nc3ccc(C)cc3C)N(CCc3ccccc3)C2=O)Sc2ccc(Cl)cc21. The highest BCUT2D eigenvalue weighted by molar-refractivity contribution is 8.19. The normalized spacial score (nSPS) is 18.6. The molecule has 0 aliphatic carbocycles. The summed E-state index contributed by atoms with van der Waals surface area (Å²) in [5.41, 5.74) is 5.44. The van der Waals surface area contributed by atoms with Gasteiger partial charge in [0.2, 0.25) is 0 Å². The highest BCUT2D eigenvalue weighted by atomic mass is 35.5. The molecule has 0 unspecified atom stereocenters. The molecule has 35 heavy (non-hydrogen) atoms. The highest BCUT2D eigenvalue weighted by Crippen LogP contribution is 2.51. The van der Waals surface area contributed by atoms with Crippen LogP contribution in [-0.2, 0) is 11.2 Å². The molecule has 2 heterocycles. The van der Waals surface area contributed by atoms with E-state index in [1.165, 1.54) is 22.9 Å². The molecule has 0 aromatic heterocycles. The summed E-state index contributed by atoms with van der Waals surface area (Å²) in [4.78, 5) is 24.7. The van der Waals surface area contributed by atoms with Crippen LogP contribution in [0.1, 0.15) is 23.6 Å². The summed E-state index contributed by atoms with van der Waals surface area (Å²) in [6.07, 6.45) is 0.766. The number of halogens is 1. The number of fused-ring (bicyclic) bond motifs is 1. The number of rotatable bonds is 5. The molecule has 1 saturated heterocycles. The Morgan fingerprint density at radius 3 is 2.49 bits per heavy atom. The molecule has 1 fully saturated rings. The van der Waals surface area contributed by atoms with Crippen LogP contribution in [0.4, 0.5) is 11.4 Å². The first-order valence-corrected chi connectivity index (χ1v) is 13.6. The van der Waals surface area contributed by atoms with E-state index in [2.05, 4.69) is 49.9 Å². The molecule has 0 atom stereocenters. The maximum Gasteiger partial charge on any atom is 0.269 e. The zero-order chi connectivity index (χ0) is 24.5. The molecule has 0 spiro atoms. The average Bonchev–Trinajstić information content (AvgIpc) is 3.36. The fourth-order valence-electron chi connectivity index (χ4n) is 4.27. The predicted octanol–water partition coefficient (Wildman–Crippen LogP) is 7.56. The molecule has 2 aliphatic heterocycles. The molecule has 3 aromatic rings. The molecule has 4 nitrogen and oxygen atoms in total. The molecule has 3 aromatic carbocycles. The van der Waals surface area contributed by atoms with E-state index < -0.39 is 0 Å². The van der Waals surface area contributed by atoms with Gasteiger partial charge in [-0.05, 0) is 74.3 Å². The van der Waals surface area contributed by atoms with Crippen molar-refractivity contribution in [1.29, 1.82) is 0 Å². The van der Waals surface area contributed by atoms with Crippen LogP contribution in [0.25, 0.3) is 0 Å².